The molecule has 7 nitrogen and oxygen atoms in total. The molecule has 3 heterocycles. The highest BCUT2D eigenvalue weighted by Crippen LogP contribution is 2.31. The second kappa shape index (κ2) is 9.62. The van der Waals surface area contributed by atoms with E-state index in [4.69, 9.17) is 9.15 Å². The first-order chi connectivity index (χ1) is 16.0. The molecule has 1 aromatic carbocycles. The quantitative estimate of drug-likeness (QED) is 0.501. The fourth-order valence-corrected chi connectivity index (χ4v) is 5.12. The second-order valence-electron chi connectivity index (χ2n) is 7.62. The summed E-state index contributed by atoms with van der Waals surface area (Å²) >= 11 is 1.30. The van der Waals surface area contributed by atoms with Crippen molar-refractivity contribution < 1.29 is 13.9 Å². The number of hydrogen-bond donors (Lipinski definition) is 0. The van der Waals surface area contributed by atoms with E-state index < -0.39 is 12.0 Å². The third-order valence-electron chi connectivity index (χ3n) is 5.70. The predicted molar refractivity (Wildman–Crippen MR) is 129 cm³/mol. The molecule has 0 radical (unpaired) electrons. The maximum absolute atomic E-state index is 13.5. The molecule has 0 spiro atoms. The maximum Gasteiger partial charge on any atom is 0.338 e. The van der Waals surface area contributed by atoms with Crippen molar-refractivity contribution >= 4 is 29.1 Å². The van der Waals surface area contributed by atoms with Crippen LogP contribution in [0.1, 0.15) is 44.9 Å². The van der Waals surface area contributed by atoms with Crippen molar-refractivity contribution in [2.24, 2.45) is 4.99 Å². The van der Waals surface area contributed by atoms with Gasteiger partial charge in [-0.3, -0.25) is 9.36 Å². The first kappa shape index (κ1) is 22.8. The summed E-state index contributed by atoms with van der Waals surface area (Å²) in [5, 5.41) is 0. The van der Waals surface area contributed by atoms with E-state index in [1.807, 2.05) is 24.3 Å². The molecule has 0 bridgehead atoms. The van der Waals surface area contributed by atoms with Crippen LogP contribution >= 0.6 is 11.3 Å². The molecule has 1 unspecified atom stereocenters. The number of anilines is 1. The molecule has 8 heteroatoms. The fraction of sp³-hybridized carbons (Fsp3) is 0.320. The number of fused-ring (bicyclic) bond motifs is 1. The first-order valence-electron chi connectivity index (χ1n) is 11.0. The molecule has 1 aliphatic heterocycles. The molecule has 0 saturated heterocycles. The molecule has 33 heavy (non-hydrogen) atoms. The molecule has 0 amide bonds. The third kappa shape index (κ3) is 4.30. The Morgan fingerprint density at radius 2 is 1.94 bits per heavy atom. The summed E-state index contributed by atoms with van der Waals surface area (Å²) in [6.45, 7) is 9.81. The number of ether oxygens (including phenoxy) is 1. The van der Waals surface area contributed by atoms with Crippen LogP contribution in [0.4, 0.5) is 5.69 Å². The maximum atomic E-state index is 13.5. The minimum atomic E-state index is -0.613. The van der Waals surface area contributed by atoms with Gasteiger partial charge in [0.05, 0.1) is 41.0 Å². The van der Waals surface area contributed by atoms with Crippen LogP contribution in [0, 0.1) is 0 Å². The lowest BCUT2D eigenvalue weighted by molar-refractivity contribution is -0.139. The largest absolute Gasteiger partial charge is 0.472 e. The number of benzene rings is 1. The zero-order valence-corrected chi connectivity index (χ0v) is 20.0. The Bertz CT molecular complexity index is 1340. The highest BCUT2D eigenvalue weighted by Gasteiger charge is 2.33. The van der Waals surface area contributed by atoms with E-state index in [1.165, 1.54) is 11.3 Å². The van der Waals surface area contributed by atoms with E-state index in [1.54, 1.807) is 43.1 Å². The Hall–Kier alpha value is -3.39. The van der Waals surface area contributed by atoms with E-state index in [0.717, 1.165) is 29.9 Å². The van der Waals surface area contributed by atoms with Gasteiger partial charge < -0.3 is 14.1 Å². The minimum absolute atomic E-state index is 0.202. The van der Waals surface area contributed by atoms with E-state index in [9.17, 15) is 9.59 Å². The minimum Gasteiger partial charge on any atom is -0.472 e. The summed E-state index contributed by atoms with van der Waals surface area (Å²) in [5.74, 6) is -0.458. The summed E-state index contributed by atoms with van der Waals surface area (Å²) < 4.78 is 12.6. The molecule has 0 saturated carbocycles. The van der Waals surface area contributed by atoms with Gasteiger partial charge in [0.25, 0.3) is 5.56 Å². The Balaban J connectivity index is 1.90. The Kier molecular flexibility index (Phi) is 6.65. The summed E-state index contributed by atoms with van der Waals surface area (Å²) in [6, 6.07) is 9.19. The van der Waals surface area contributed by atoms with Crippen LogP contribution in [0.3, 0.4) is 0 Å². The first-order valence-corrected chi connectivity index (χ1v) is 11.9. The number of carbonyl (C=O) groups is 1. The fourth-order valence-electron chi connectivity index (χ4n) is 4.07. The lowest BCUT2D eigenvalue weighted by Gasteiger charge is -2.26. The van der Waals surface area contributed by atoms with Crippen LogP contribution in [-0.2, 0) is 9.53 Å². The smallest absolute Gasteiger partial charge is 0.338 e. The van der Waals surface area contributed by atoms with Gasteiger partial charge in [0, 0.05) is 24.3 Å². The molecular formula is C25H27N3O4S. The van der Waals surface area contributed by atoms with E-state index in [0.29, 0.717) is 20.6 Å². The van der Waals surface area contributed by atoms with Crippen LogP contribution in [0.25, 0.3) is 6.08 Å². The van der Waals surface area contributed by atoms with E-state index >= 15 is 0 Å². The monoisotopic (exact) mass is 465 g/mol. The van der Waals surface area contributed by atoms with Gasteiger partial charge in [-0.1, -0.05) is 23.5 Å². The van der Waals surface area contributed by atoms with Crippen molar-refractivity contribution in [3.05, 3.63) is 84.9 Å². The molecule has 0 fully saturated rings. The second-order valence-corrected chi connectivity index (χ2v) is 8.63. The van der Waals surface area contributed by atoms with Crippen molar-refractivity contribution in [3.63, 3.8) is 0 Å². The number of allylic oxidation sites excluding steroid dienone is 1. The topological polar surface area (TPSA) is 77.0 Å². The number of esters is 1. The summed E-state index contributed by atoms with van der Waals surface area (Å²) in [7, 11) is 0. The van der Waals surface area contributed by atoms with Crippen molar-refractivity contribution in [1.82, 2.24) is 4.57 Å². The molecule has 4 rings (SSSR count). The van der Waals surface area contributed by atoms with Crippen LogP contribution in [0.5, 0.6) is 0 Å². The molecule has 0 aliphatic carbocycles. The van der Waals surface area contributed by atoms with Crippen LogP contribution in [0.2, 0.25) is 0 Å². The number of furan rings is 1. The molecule has 172 valence electrons. The van der Waals surface area contributed by atoms with Crippen molar-refractivity contribution in [1.29, 1.82) is 0 Å². The predicted octanol–water partition coefficient (Wildman–Crippen LogP) is 3.24. The molecular weight excluding hydrogens is 438 g/mol. The number of hydrogen-bond acceptors (Lipinski definition) is 7. The molecule has 3 aromatic rings. The van der Waals surface area contributed by atoms with E-state index in [2.05, 4.69) is 23.7 Å². The van der Waals surface area contributed by atoms with Gasteiger partial charge in [-0.15, -0.1) is 0 Å². The summed E-state index contributed by atoms with van der Waals surface area (Å²) in [6.07, 6.45) is 4.92. The average molecular weight is 466 g/mol. The zero-order chi connectivity index (χ0) is 23.5. The normalized spacial score (nSPS) is 15.9. The van der Waals surface area contributed by atoms with Gasteiger partial charge in [0.2, 0.25) is 0 Å². The Morgan fingerprint density at radius 3 is 2.55 bits per heavy atom. The number of rotatable bonds is 7. The molecule has 0 N–H and O–H groups in total. The lowest BCUT2D eigenvalue weighted by Crippen LogP contribution is -2.40. The van der Waals surface area contributed by atoms with Gasteiger partial charge in [-0.05, 0) is 57.5 Å². The van der Waals surface area contributed by atoms with Gasteiger partial charge in [0.15, 0.2) is 4.80 Å². The molecule has 1 aliphatic rings. The molecule has 2 aromatic heterocycles. The Morgan fingerprint density at radius 1 is 1.21 bits per heavy atom. The van der Waals surface area contributed by atoms with Gasteiger partial charge >= 0.3 is 5.97 Å². The number of aromatic nitrogens is 1. The zero-order valence-electron chi connectivity index (χ0n) is 19.2. The number of nitrogens with zero attached hydrogens (tertiary/aromatic N) is 3. The summed E-state index contributed by atoms with van der Waals surface area (Å²) in [5.41, 5.74) is 3.46. The highest BCUT2D eigenvalue weighted by molar-refractivity contribution is 7.07. The summed E-state index contributed by atoms with van der Waals surface area (Å²) in [4.78, 5) is 33.9. The standard InChI is InChI=1S/C25H27N3O4S/c1-5-27(6-2)19-10-8-18(9-11-19)22-21(24(30)32-7-3)16(4)26-25-28(22)23(29)20(33-25)14-17-12-13-31-15-17/h8-15,22H,5-7H2,1-4H3/b20-14+. The van der Waals surface area contributed by atoms with Crippen molar-refractivity contribution in [2.45, 2.75) is 33.7 Å². The third-order valence-corrected chi connectivity index (χ3v) is 6.68. The Labute approximate surface area is 195 Å². The number of thiazole rings is 1. The number of carbonyl (C=O) groups excluding carboxylic acids is 1. The van der Waals surface area contributed by atoms with Crippen LogP contribution in [0.15, 0.2) is 68.3 Å². The van der Waals surface area contributed by atoms with Crippen LogP contribution < -0.4 is 19.8 Å². The molecule has 1 atom stereocenters. The van der Waals surface area contributed by atoms with Crippen molar-refractivity contribution in [3.8, 4) is 0 Å². The van der Waals surface area contributed by atoms with Gasteiger partial charge in [0.1, 0.15) is 0 Å². The average Bonchev–Trinajstić information content (AvgIpc) is 3.42. The van der Waals surface area contributed by atoms with Gasteiger partial charge in [-0.2, -0.15) is 0 Å². The SMILES string of the molecule is CCOC(=O)C1=C(C)N=c2s/c(=C/c3ccoc3)c(=O)n2C1c1ccc(N(CC)CC)cc1. The van der Waals surface area contributed by atoms with E-state index in [-0.39, 0.29) is 12.2 Å². The lowest BCUT2D eigenvalue weighted by atomic mass is 9.95. The van der Waals surface area contributed by atoms with Crippen molar-refractivity contribution in [2.75, 3.05) is 24.6 Å². The van der Waals surface area contributed by atoms with Gasteiger partial charge in [-0.25, -0.2) is 9.79 Å². The van der Waals surface area contributed by atoms with Crippen LogP contribution in [-0.4, -0.2) is 30.2 Å². The highest BCUT2D eigenvalue weighted by atomic mass is 32.1.